The summed E-state index contributed by atoms with van der Waals surface area (Å²) in [7, 11) is 0. The maximum Gasteiger partial charge on any atom is 0.330 e. The number of halogens is 1. The lowest BCUT2D eigenvalue weighted by atomic mass is 9.77. The van der Waals surface area contributed by atoms with E-state index >= 15 is 0 Å². The molecule has 38 heavy (non-hydrogen) atoms. The number of nitrogens with zero attached hydrogens (tertiary/aromatic N) is 1. The number of oxazole rings is 1. The van der Waals surface area contributed by atoms with Crippen LogP contribution in [0.15, 0.2) is 102 Å². The maximum absolute atomic E-state index is 12.0. The molecule has 0 spiro atoms. The highest BCUT2D eigenvalue weighted by Crippen LogP contribution is 2.38. The SMILES string of the molecule is O=C(/C=C/CC1CCC(c2ccc(-c3cnc(Nc4cccc(Cl)c4)o3)cc2)CC1)OCc1ccccc1. The predicted molar refractivity (Wildman–Crippen MR) is 151 cm³/mol. The van der Waals surface area contributed by atoms with Gasteiger partial charge in [0, 0.05) is 22.3 Å². The highest BCUT2D eigenvalue weighted by atomic mass is 35.5. The number of benzene rings is 3. The van der Waals surface area contributed by atoms with Gasteiger partial charge in [-0.1, -0.05) is 78.3 Å². The zero-order valence-electron chi connectivity index (χ0n) is 21.2. The molecule has 0 amide bonds. The van der Waals surface area contributed by atoms with E-state index in [1.54, 1.807) is 12.3 Å². The molecule has 1 aromatic heterocycles. The third kappa shape index (κ3) is 7.14. The Labute approximate surface area is 228 Å². The quantitative estimate of drug-likeness (QED) is 0.174. The van der Waals surface area contributed by atoms with Crippen LogP contribution in [0.4, 0.5) is 11.7 Å². The number of hydrogen-bond acceptors (Lipinski definition) is 5. The number of allylic oxidation sites excluding steroid dienone is 1. The van der Waals surface area contributed by atoms with Crippen LogP contribution in [0.1, 0.15) is 49.1 Å². The lowest BCUT2D eigenvalue weighted by Crippen LogP contribution is -2.13. The molecule has 0 saturated heterocycles. The van der Waals surface area contributed by atoms with Crippen molar-refractivity contribution >= 4 is 29.3 Å². The Kier molecular flexibility index (Phi) is 8.56. The fourth-order valence-corrected chi connectivity index (χ4v) is 5.13. The molecule has 0 bridgehead atoms. The Bertz CT molecular complexity index is 1360. The molecule has 1 aliphatic carbocycles. The summed E-state index contributed by atoms with van der Waals surface area (Å²) >= 11 is 6.05. The van der Waals surface area contributed by atoms with E-state index in [1.165, 1.54) is 5.56 Å². The molecule has 5 rings (SSSR count). The minimum atomic E-state index is -0.276. The molecule has 0 atom stereocenters. The molecule has 1 heterocycles. The summed E-state index contributed by atoms with van der Waals surface area (Å²) in [6.45, 7) is 0.311. The van der Waals surface area contributed by atoms with Crippen LogP contribution >= 0.6 is 11.6 Å². The molecule has 0 radical (unpaired) electrons. The molecule has 1 fully saturated rings. The molecule has 3 aromatic carbocycles. The molecule has 0 aliphatic heterocycles. The number of aromatic nitrogens is 1. The number of carbonyl (C=O) groups excluding carboxylic acids is 1. The summed E-state index contributed by atoms with van der Waals surface area (Å²) in [5.41, 5.74) is 4.19. The number of ether oxygens (including phenoxy) is 1. The standard InChI is InChI=1S/C32H31ClN2O3/c33-28-9-5-10-29(20-28)35-32-34-21-30(38-32)27-18-16-26(17-19-27)25-14-12-23(13-15-25)8-4-11-31(36)37-22-24-6-2-1-3-7-24/h1-7,9-11,16-21,23,25H,8,12-15,22H2,(H,34,35)/b11-4+. The minimum absolute atomic E-state index is 0.276. The van der Waals surface area contributed by atoms with Crippen molar-refractivity contribution in [3.63, 3.8) is 0 Å². The van der Waals surface area contributed by atoms with Crippen LogP contribution in [-0.4, -0.2) is 11.0 Å². The monoisotopic (exact) mass is 526 g/mol. The van der Waals surface area contributed by atoms with Crippen LogP contribution in [0.25, 0.3) is 11.3 Å². The highest BCUT2D eigenvalue weighted by molar-refractivity contribution is 6.30. The number of hydrogen-bond donors (Lipinski definition) is 1. The number of nitrogens with one attached hydrogen (secondary N) is 1. The average Bonchev–Trinajstić information content (AvgIpc) is 3.41. The predicted octanol–water partition coefficient (Wildman–Crippen LogP) is 8.70. The van der Waals surface area contributed by atoms with E-state index < -0.39 is 0 Å². The van der Waals surface area contributed by atoms with Gasteiger partial charge in [0.15, 0.2) is 5.76 Å². The number of carbonyl (C=O) groups is 1. The first kappa shape index (κ1) is 25.8. The van der Waals surface area contributed by atoms with E-state index in [0.717, 1.165) is 54.7 Å². The first-order valence-electron chi connectivity index (χ1n) is 13.1. The van der Waals surface area contributed by atoms with Crippen molar-refractivity contribution in [2.24, 2.45) is 5.92 Å². The first-order valence-corrected chi connectivity index (χ1v) is 13.5. The molecular formula is C32H31ClN2O3. The van der Waals surface area contributed by atoms with Crippen molar-refractivity contribution in [2.75, 3.05) is 5.32 Å². The number of esters is 1. The van der Waals surface area contributed by atoms with Crippen molar-refractivity contribution in [3.05, 3.63) is 113 Å². The molecule has 5 nitrogen and oxygen atoms in total. The zero-order chi connectivity index (χ0) is 26.2. The third-order valence-corrected chi connectivity index (χ3v) is 7.28. The van der Waals surface area contributed by atoms with Crippen molar-refractivity contribution < 1.29 is 13.9 Å². The van der Waals surface area contributed by atoms with Gasteiger partial charge in [-0.15, -0.1) is 0 Å². The summed E-state index contributed by atoms with van der Waals surface area (Å²) in [6.07, 6.45) is 10.8. The molecule has 0 unspecified atom stereocenters. The van der Waals surface area contributed by atoms with Gasteiger partial charge in [0.2, 0.25) is 0 Å². The zero-order valence-corrected chi connectivity index (χ0v) is 21.9. The Morgan fingerprint density at radius 2 is 1.79 bits per heavy atom. The van der Waals surface area contributed by atoms with Crippen molar-refractivity contribution in [3.8, 4) is 11.3 Å². The van der Waals surface area contributed by atoms with Crippen LogP contribution in [-0.2, 0) is 16.1 Å². The van der Waals surface area contributed by atoms with Crippen LogP contribution in [0.2, 0.25) is 5.02 Å². The largest absolute Gasteiger partial charge is 0.458 e. The summed E-state index contributed by atoms with van der Waals surface area (Å²) < 4.78 is 11.2. The van der Waals surface area contributed by atoms with E-state index in [0.29, 0.717) is 29.5 Å². The molecule has 1 N–H and O–H groups in total. The fraction of sp³-hybridized carbons (Fsp3) is 0.250. The van der Waals surface area contributed by atoms with Crippen LogP contribution in [0.5, 0.6) is 0 Å². The molecule has 194 valence electrons. The van der Waals surface area contributed by atoms with Crippen molar-refractivity contribution in [2.45, 2.75) is 44.6 Å². The van der Waals surface area contributed by atoms with E-state index in [2.05, 4.69) is 34.6 Å². The Morgan fingerprint density at radius 1 is 1.00 bits per heavy atom. The number of anilines is 2. The second-order valence-corrected chi connectivity index (χ2v) is 10.2. The molecule has 6 heteroatoms. The second-order valence-electron chi connectivity index (χ2n) is 9.74. The molecule has 1 aliphatic rings. The van der Waals surface area contributed by atoms with Crippen LogP contribution in [0.3, 0.4) is 0 Å². The van der Waals surface area contributed by atoms with Gasteiger partial charge in [-0.05, 0) is 73.3 Å². The van der Waals surface area contributed by atoms with Gasteiger partial charge in [0.05, 0.1) is 6.20 Å². The summed E-state index contributed by atoms with van der Waals surface area (Å²) in [6, 6.07) is 26.2. The topological polar surface area (TPSA) is 64.4 Å². The van der Waals surface area contributed by atoms with E-state index in [-0.39, 0.29) is 5.97 Å². The Balaban J connectivity index is 1.07. The summed E-state index contributed by atoms with van der Waals surface area (Å²) in [4.78, 5) is 16.3. The van der Waals surface area contributed by atoms with Crippen LogP contribution in [0, 0.1) is 5.92 Å². The van der Waals surface area contributed by atoms with Gasteiger partial charge in [0.1, 0.15) is 6.61 Å². The van der Waals surface area contributed by atoms with E-state index in [1.807, 2.05) is 60.7 Å². The highest BCUT2D eigenvalue weighted by Gasteiger charge is 2.22. The van der Waals surface area contributed by atoms with Gasteiger partial charge in [-0.3, -0.25) is 0 Å². The minimum Gasteiger partial charge on any atom is -0.458 e. The summed E-state index contributed by atoms with van der Waals surface area (Å²) in [5, 5.41) is 3.80. The molecular weight excluding hydrogens is 496 g/mol. The number of rotatable bonds is 9. The van der Waals surface area contributed by atoms with Gasteiger partial charge in [-0.2, -0.15) is 0 Å². The van der Waals surface area contributed by atoms with E-state index in [9.17, 15) is 4.79 Å². The van der Waals surface area contributed by atoms with Gasteiger partial charge >= 0.3 is 5.97 Å². The smallest absolute Gasteiger partial charge is 0.330 e. The van der Waals surface area contributed by atoms with Crippen molar-refractivity contribution in [1.82, 2.24) is 4.98 Å². The van der Waals surface area contributed by atoms with E-state index in [4.69, 9.17) is 20.8 Å². The molecule has 1 saturated carbocycles. The van der Waals surface area contributed by atoms with Gasteiger partial charge in [-0.25, -0.2) is 9.78 Å². The normalized spacial score (nSPS) is 17.4. The van der Waals surface area contributed by atoms with Gasteiger partial charge in [0.25, 0.3) is 6.01 Å². The lowest BCUT2D eigenvalue weighted by molar-refractivity contribution is -0.139. The van der Waals surface area contributed by atoms with Gasteiger partial charge < -0.3 is 14.5 Å². The average molecular weight is 527 g/mol. The first-order chi connectivity index (χ1) is 18.6. The maximum atomic E-state index is 12.0. The third-order valence-electron chi connectivity index (χ3n) is 7.04. The van der Waals surface area contributed by atoms with Crippen LogP contribution < -0.4 is 5.32 Å². The Morgan fingerprint density at radius 3 is 2.55 bits per heavy atom. The molecule has 4 aromatic rings. The van der Waals surface area contributed by atoms with Crippen molar-refractivity contribution in [1.29, 1.82) is 0 Å². The second kappa shape index (κ2) is 12.6. The summed E-state index contributed by atoms with van der Waals surface area (Å²) in [5.74, 6) is 1.62. The lowest BCUT2D eigenvalue weighted by Gasteiger charge is -2.28. The Hall–Kier alpha value is -3.83. The fourth-order valence-electron chi connectivity index (χ4n) is 4.94.